The van der Waals surface area contributed by atoms with Gasteiger partial charge in [0.25, 0.3) is 0 Å². The van der Waals surface area contributed by atoms with E-state index in [-0.39, 0.29) is 19.1 Å². The van der Waals surface area contributed by atoms with Crippen LogP contribution >= 0.6 is 7.82 Å². The Morgan fingerprint density at radius 2 is 0.917 bits per heavy atom. The zero-order valence-corrected chi connectivity index (χ0v) is 41.4. The van der Waals surface area contributed by atoms with Crippen LogP contribution in [0.15, 0.2) is 24.3 Å². The van der Waals surface area contributed by atoms with E-state index >= 15 is 0 Å². The molecule has 0 aliphatic carbocycles. The molecule has 0 aromatic heterocycles. The molecule has 356 valence electrons. The van der Waals surface area contributed by atoms with Crippen LogP contribution in [0.5, 0.6) is 0 Å². The molecule has 60 heavy (non-hydrogen) atoms. The van der Waals surface area contributed by atoms with Gasteiger partial charge in [0.2, 0.25) is 5.91 Å². The first-order valence-electron chi connectivity index (χ1n) is 25.7. The van der Waals surface area contributed by atoms with Crippen LogP contribution in [0.1, 0.15) is 245 Å². The lowest BCUT2D eigenvalue weighted by Gasteiger charge is -2.25. The second-order valence-electron chi connectivity index (χ2n) is 18.9. The Hall–Kier alpha value is -1.02. The molecular weight excluding hydrogens is 768 g/mol. The number of aliphatic hydroxyl groups is 1. The lowest BCUT2D eigenvalue weighted by atomic mass is 10.0. The third kappa shape index (κ3) is 45.0. The molecule has 1 unspecified atom stereocenters. The number of hydrogen-bond acceptors (Lipinski definition) is 5. The second-order valence-corrected chi connectivity index (χ2v) is 20.4. The monoisotopic (exact) mass is 870 g/mol. The summed E-state index contributed by atoms with van der Waals surface area (Å²) in [7, 11) is 1.56. The highest BCUT2D eigenvalue weighted by Gasteiger charge is 2.27. The molecule has 1 amide bonds. The van der Waals surface area contributed by atoms with Gasteiger partial charge in [-0.1, -0.05) is 231 Å². The molecule has 3 atom stereocenters. The first kappa shape index (κ1) is 59.0. The number of phosphoric ester groups is 1. The summed E-state index contributed by atoms with van der Waals surface area (Å²) in [5.41, 5.74) is 0. The van der Waals surface area contributed by atoms with Crippen LogP contribution in [0.25, 0.3) is 0 Å². The Labute approximate surface area is 373 Å². The van der Waals surface area contributed by atoms with Crippen molar-refractivity contribution in [3.63, 3.8) is 0 Å². The van der Waals surface area contributed by atoms with Crippen LogP contribution in [0.2, 0.25) is 0 Å². The minimum Gasteiger partial charge on any atom is -0.387 e. The fourth-order valence-electron chi connectivity index (χ4n) is 7.59. The molecule has 0 aromatic rings. The Morgan fingerprint density at radius 3 is 1.33 bits per heavy atom. The lowest BCUT2D eigenvalue weighted by molar-refractivity contribution is -0.870. The number of quaternary nitrogens is 1. The molecule has 3 N–H and O–H groups in total. The smallest absolute Gasteiger partial charge is 0.387 e. The number of carbonyl (C=O) groups excluding carboxylic acids is 1. The van der Waals surface area contributed by atoms with Crippen LogP contribution in [0.4, 0.5) is 0 Å². The van der Waals surface area contributed by atoms with Gasteiger partial charge in [0.05, 0.1) is 39.9 Å². The number of hydrogen-bond donors (Lipinski definition) is 3. The van der Waals surface area contributed by atoms with Gasteiger partial charge in [0, 0.05) is 6.42 Å². The van der Waals surface area contributed by atoms with E-state index in [1.54, 1.807) is 6.08 Å². The Bertz CT molecular complexity index is 1030. The third-order valence-corrected chi connectivity index (χ3v) is 12.7. The van der Waals surface area contributed by atoms with Gasteiger partial charge in [-0.25, -0.2) is 4.57 Å². The Balaban J connectivity index is 4.31. The van der Waals surface area contributed by atoms with E-state index in [4.69, 9.17) is 9.05 Å². The molecule has 0 radical (unpaired) electrons. The number of amides is 1. The topological polar surface area (TPSA) is 105 Å². The van der Waals surface area contributed by atoms with E-state index in [0.29, 0.717) is 17.4 Å². The van der Waals surface area contributed by atoms with Crippen LogP contribution in [-0.2, 0) is 18.4 Å². The second kappa shape index (κ2) is 43.2. The summed E-state index contributed by atoms with van der Waals surface area (Å²) in [4.78, 5) is 23.2. The van der Waals surface area contributed by atoms with Gasteiger partial charge < -0.3 is 19.8 Å². The number of aliphatic hydroxyl groups excluding tert-OH is 1. The van der Waals surface area contributed by atoms with Crippen molar-refractivity contribution in [2.45, 2.75) is 257 Å². The van der Waals surface area contributed by atoms with Crippen molar-refractivity contribution in [3.05, 3.63) is 24.3 Å². The largest absolute Gasteiger partial charge is 0.472 e. The molecule has 0 saturated heterocycles. The van der Waals surface area contributed by atoms with Crippen LogP contribution < -0.4 is 5.32 Å². The predicted octanol–water partition coefficient (Wildman–Crippen LogP) is 14.9. The van der Waals surface area contributed by atoms with E-state index in [1.807, 2.05) is 27.2 Å². The summed E-state index contributed by atoms with van der Waals surface area (Å²) in [6.07, 6.45) is 52.6. The fraction of sp³-hybridized carbons (Fsp3) is 0.902. The highest BCUT2D eigenvalue weighted by Crippen LogP contribution is 2.43. The van der Waals surface area contributed by atoms with E-state index in [2.05, 4.69) is 31.3 Å². The average Bonchev–Trinajstić information content (AvgIpc) is 3.20. The van der Waals surface area contributed by atoms with Gasteiger partial charge in [0.1, 0.15) is 13.2 Å². The molecule has 0 heterocycles. The highest BCUT2D eigenvalue weighted by molar-refractivity contribution is 7.47. The van der Waals surface area contributed by atoms with E-state index in [0.717, 1.165) is 38.5 Å². The molecule has 9 heteroatoms. The minimum absolute atomic E-state index is 0.0585. The number of nitrogens with one attached hydrogen (secondary N) is 1. The van der Waals surface area contributed by atoms with Crippen LogP contribution in [0, 0.1) is 0 Å². The van der Waals surface area contributed by atoms with Crippen LogP contribution in [-0.4, -0.2) is 73.4 Å². The number of unbranched alkanes of at least 4 members (excludes halogenated alkanes) is 32. The molecule has 0 saturated carbocycles. The summed E-state index contributed by atoms with van der Waals surface area (Å²) >= 11 is 0. The minimum atomic E-state index is -4.35. The molecule has 0 aliphatic heterocycles. The number of nitrogens with zero attached hydrogens (tertiary/aromatic N) is 1. The van der Waals surface area contributed by atoms with Crippen molar-refractivity contribution in [3.8, 4) is 0 Å². The van der Waals surface area contributed by atoms with Crippen molar-refractivity contribution in [1.29, 1.82) is 0 Å². The molecule has 0 spiro atoms. The molecule has 8 nitrogen and oxygen atoms in total. The Kier molecular flexibility index (Phi) is 42.5. The number of likely N-dealkylation sites (N-methyl/N-ethyl adjacent to an activating group) is 1. The SMILES string of the molecule is CCCCCCCCCCCCC/C=C/CC/C=C/[C@@H](O)[C@H](COP(=O)(O)OCC[N+](C)(C)C)NC(=O)CCCCCCCCCCCCCCCCCCCCCCC. The summed E-state index contributed by atoms with van der Waals surface area (Å²) < 4.78 is 23.6. The Morgan fingerprint density at radius 1 is 0.550 bits per heavy atom. The van der Waals surface area contributed by atoms with Crippen molar-refractivity contribution in [2.24, 2.45) is 0 Å². The van der Waals surface area contributed by atoms with Crippen molar-refractivity contribution in [2.75, 3.05) is 40.9 Å². The van der Waals surface area contributed by atoms with Crippen LogP contribution in [0.3, 0.4) is 0 Å². The van der Waals surface area contributed by atoms with Crippen molar-refractivity contribution in [1.82, 2.24) is 5.32 Å². The molecule has 0 aromatic carbocycles. The number of rotatable bonds is 47. The van der Waals surface area contributed by atoms with E-state index in [9.17, 15) is 19.4 Å². The quantitative estimate of drug-likeness (QED) is 0.0243. The fourth-order valence-corrected chi connectivity index (χ4v) is 8.32. The molecule has 0 bridgehead atoms. The number of phosphoric acid groups is 1. The number of allylic oxidation sites excluding steroid dienone is 3. The van der Waals surface area contributed by atoms with E-state index in [1.165, 1.54) is 186 Å². The zero-order valence-electron chi connectivity index (χ0n) is 40.5. The van der Waals surface area contributed by atoms with Gasteiger partial charge >= 0.3 is 7.82 Å². The van der Waals surface area contributed by atoms with Crippen molar-refractivity contribution < 1.29 is 32.9 Å². The van der Waals surface area contributed by atoms with Crippen molar-refractivity contribution >= 4 is 13.7 Å². The van der Waals surface area contributed by atoms with E-state index < -0.39 is 20.0 Å². The maximum Gasteiger partial charge on any atom is 0.472 e. The summed E-state index contributed by atoms with van der Waals surface area (Å²) in [6.45, 7) is 4.82. The summed E-state index contributed by atoms with van der Waals surface area (Å²) in [5, 5.41) is 13.9. The average molecular weight is 870 g/mol. The normalized spacial score (nSPS) is 14.3. The molecular formula is C51H102N2O6P+. The lowest BCUT2D eigenvalue weighted by Crippen LogP contribution is -2.45. The molecule has 0 aliphatic rings. The molecule has 0 rings (SSSR count). The number of carbonyl (C=O) groups is 1. The standard InChI is InChI=1S/C51H101N2O6P/c1-6-8-10-12-14-16-18-20-22-24-25-26-27-29-31-33-35-37-39-41-43-45-51(55)52-49(48-59-60(56,57)58-47-46-53(3,4)5)50(54)44-42-40-38-36-34-32-30-28-23-21-19-17-15-13-11-9-7-2/h34,36,42,44,49-50,54H,6-33,35,37-41,43,45-48H2,1-5H3,(H-,52,55,56,57)/p+1/b36-34+,44-42+/t49-,50+/m0/s1. The first-order chi connectivity index (χ1) is 29.0. The van der Waals surface area contributed by atoms with Gasteiger partial charge in [-0.15, -0.1) is 0 Å². The van der Waals surface area contributed by atoms with Gasteiger partial charge in [0.15, 0.2) is 0 Å². The summed E-state index contributed by atoms with van der Waals surface area (Å²) in [6, 6.07) is -0.859. The maximum absolute atomic E-state index is 12.9. The predicted molar refractivity (Wildman–Crippen MR) is 258 cm³/mol. The summed E-state index contributed by atoms with van der Waals surface area (Å²) in [5.74, 6) is -0.182. The van der Waals surface area contributed by atoms with Gasteiger partial charge in [-0.05, 0) is 32.1 Å². The molecule has 0 fully saturated rings. The first-order valence-corrected chi connectivity index (χ1v) is 27.2. The maximum atomic E-state index is 12.9. The zero-order chi connectivity index (χ0) is 44.3. The highest BCUT2D eigenvalue weighted by atomic mass is 31.2. The van der Waals surface area contributed by atoms with Gasteiger partial charge in [-0.3, -0.25) is 13.8 Å². The van der Waals surface area contributed by atoms with Gasteiger partial charge in [-0.2, -0.15) is 0 Å². The third-order valence-electron chi connectivity index (χ3n) is 11.7.